The summed E-state index contributed by atoms with van der Waals surface area (Å²) in [6, 6.07) is 2.79. The number of imidazole rings is 1. The molecule has 1 aromatic carbocycles. The molecular weight excluding hydrogens is 415 g/mol. The SMILES string of the molecule is Cc1cnc(C(=O)NC(c2nc3ccc(F)cc3n2CC(F)F)C2COCCO2)cn1. The molecule has 164 valence electrons. The van der Waals surface area contributed by atoms with Gasteiger partial charge in [0.15, 0.2) is 0 Å². The fraction of sp³-hybridized carbons (Fsp3) is 0.400. The summed E-state index contributed by atoms with van der Waals surface area (Å²) in [5.74, 6) is -1.04. The number of alkyl halides is 2. The number of ether oxygens (including phenoxy) is 2. The van der Waals surface area contributed by atoms with E-state index in [0.29, 0.717) is 17.8 Å². The van der Waals surface area contributed by atoms with E-state index in [9.17, 15) is 18.0 Å². The zero-order valence-electron chi connectivity index (χ0n) is 16.6. The van der Waals surface area contributed by atoms with Gasteiger partial charge in [-0.2, -0.15) is 0 Å². The number of fused-ring (bicyclic) bond motifs is 1. The van der Waals surface area contributed by atoms with E-state index in [2.05, 4.69) is 20.3 Å². The van der Waals surface area contributed by atoms with Gasteiger partial charge in [0.2, 0.25) is 0 Å². The van der Waals surface area contributed by atoms with Crippen LogP contribution in [-0.4, -0.2) is 57.8 Å². The fourth-order valence-corrected chi connectivity index (χ4v) is 3.43. The number of nitrogens with zero attached hydrogens (tertiary/aromatic N) is 4. The van der Waals surface area contributed by atoms with Crippen LogP contribution in [0, 0.1) is 12.7 Å². The van der Waals surface area contributed by atoms with Crippen LogP contribution in [-0.2, 0) is 16.0 Å². The molecule has 4 rings (SSSR count). The van der Waals surface area contributed by atoms with Crippen LogP contribution >= 0.6 is 0 Å². The van der Waals surface area contributed by atoms with Crippen LogP contribution in [0.25, 0.3) is 11.0 Å². The Morgan fingerprint density at radius 2 is 2.13 bits per heavy atom. The highest BCUT2D eigenvalue weighted by molar-refractivity contribution is 5.92. The van der Waals surface area contributed by atoms with E-state index in [1.54, 1.807) is 6.92 Å². The first-order valence-corrected chi connectivity index (χ1v) is 9.65. The summed E-state index contributed by atoms with van der Waals surface area (Å²) >= 11 is 0. The maximum Gasteiger partial charge on any atom is 0.272 e. The molecule has 1 aliphatic heterocycles. The smallest absolute Gasteiger partial charge is 0.272 e. The molecule has 31 heavy (non-hydrogen) atoms. The van der Waals surface area contributed by atoms with Gasteiger partial charge in [-0.05, 0) is 25.1 Å². The third kappa shape index (κ3) is 4.67. The van der Waals surface area contributed by atoms with Gasteiger partial charge in [-0.25, -0.2) is 23.1 Å². The normalized spacial score (nSPS) is 17.8. The van der Waals surface area contributed by atoms with Gasteiger partial charge in [-0.15, -0.1) is 0 Å². The molecule has 3 heterocycles. The van der Waals surface area contributed by atoms with Crippen molar-refractivity contribution in [1.29, 1.82) is 0 Å². The first kappa shape index (κ1) is 21.2. The van der Waals surface area contributed by atoms with Gasteiger partial charge in [-0.3, -0.25) is 9.78 Å². The zero-order valence-corrected chi connectivity index (χ0v) is 16.6. The summed E-state index contributed by atoms with van der Waals surface area (Å²) in [5.41, 5.74) is 1.21. The Balaban J connectivity index is 1.76. The summed E-state index contributed by atoms with van der Waals surface area (Å²) in [4.78, 5) is 25.4. The molecule has 2 aromatic heterocycles. The summed E-state index contributed by atoms with van der Waals surface area (Å²) in [6.45, 7) is 1.78. The van der Waals surface area contributed by atoms with Gasteiger partial charge < -0.3 is 19.4 Å². The standard InChI is InChI=1S/C20H20F3N5O3/c1-11-7-25-14(8-24-11)20(29)27-18(16-10-30-4-5-31-16)19-26-13-3-2-12(21)6-15(13)28(19)9-17(22)23/h2-3,6-8,16-18H,4-5,9-10H2,1H3,(H,27,29). The van der Waals surface area contributed by atoms with E-state index in [4.69, 9.17) is 9.47 Å². The average Bonchev–Trinajstić information content (AvgIpc) is 3.09. The number of rotatable bonds is 6. The molecule has 0 bridgehead atoms. The van der Waals surface area contributed by atoms with Gasteiger partial charge >= 0.3 is 0 Å². The minimum Gasteiger partial charge on any atom is -0.376 e. The number of hydrogen-bond acceptors (Lipinski definition) is 6. The first-order valence-electron chi connectivity index (χ1n) is 9.65. The summed E-state index contributed by atoms with van der Waals surface area (Å²) in [7, 11) is 0. The molecule has 2 unspecified atom stereocenters. The Morgan fingerprint density at radius 3 is 2.81 bits per heavy atom. The lowest BCUT2D eigenvalue weighted by Crippen LogP contribution is -2.44. The van der Waals surface area contributed by atoms with Crippen molar-refractivity contribution in [3.63, 3.8) is 0 Å². The minimum atomic E-state index is -2.72. The number of carbonyl (C=O) groups excluding carboxylic acids is 1. The third-order valence-corrected chi connectivity index (χ3v) is 4.85. The summed E-state index contributed by atoms with van der Waals surface area (Å²) in [5, 5.41) is 2.76. The number of aryl methyl sites for hydroxylation is 1. The monoisotopic (exact) mass is 435 g/mol. The van der Waals surface area contributed by atoms with E-state index in [0.717, 1.165) is 6.07 Å². The zero-order chi connectivity index (χ0) is 22.0. The van der Waals surface area contributed by atoms with Crippen molar-refractivity contribution >= 4 is 16.9 Å². The number of hydrogen-bond donors (Lipinski definition) is 1. The number of carbonyl (C=O) groups is 1. The van der Waals surface area contributed by atoms with Crippen molar-refractivity contribution in [2.45, 2.75) is 32.0 Å². The van der Waals surface area contributed by atoms with Crippen LogP contribution in [0.2, 0.25) is 0 Å². The Labute approximate surface area is 175 Å². The van der Waals surface area contributed by atoms with Gasteiger partial charge in [0.1, 0.15) is 29.5 Å². The molecule has 1 saturated heterocycles. The predicted octanol–water partition coefficient (Wildman–Crippen LogP) is 2.43. The second kappa shape index (κ2) is 8.98. The van der Waals surface area contributed by atoms with Gasteiger partial charge in [0.25, 0.3) is 12.3 Å². The molecule has 2 atom stereocenters. The largest absolute Gasteiger partial charge is 0.376 e. The molecule has 1 N–H and O–H groups in total. The van der Waals surface area contributed by atoms with Crippen LogP contribution in [0.4, 0.5) is 13.2 Å². The maximum absolute atomic E-state index is 13.8. The van der Waals surface area contributed by atoms with E-state index in [1.807, 2.05) is 0 Å². The number of nitrogens with one attached hydrogen (secondary N) is 1. The second-order valence-electron chi connectivity index (χ2n) is 7.08. The van der Waals surface area contributed by atoms with Crippen LogP contribution in [0.5, 0.6) is 0 Å². The van der Waals surface area contributed by atoms with Crippen LogP contribution in [0.15, 0.2) is 30.6 Å². The third-order valence-electron chi connectivity index (χ3n) is 4.85. The van der Waals surface area contributed by atoms with E-state index >= 15 is 0 Å². The van der Waals surface area contributed by atoms with Crippen molar-refractivity contribution in [3.05, 3.63) is 53.6 Å². The molecule has 8 nitrogen and oxygen atoms in total. The topological polar surface area (TPSA) is 91.2 Å². The van der Waals surface area contributed by atoms with Crippen LogP contribution in [0.3, 0.4) is 0 Å². The van der Waals surface area contributed by atoms with Crippen LogP contribution in [0.1, 0.15) is 28.0 Å². The van der Waals surface area contributed by atoms with Crippen molar-refractivity contribution in [2.75, 3.05) is 19.8 Å². The fourth-order valence-electron chi connectivity index (χ4n) is 3.43. The number of benzene rings is 1. The molecule has 1 fully saturated rings. The van der Waals surface area contributed by atoms with Gasteiger partial charge in [0, 0.05) is 6.20 Å². The Morgan fingerprint density at radius 1 is 1.29 bits per heavy atom. The molecule has 0 spiro atoms. The summed E-state index contributed by atoms with van der Waals surface area (Å²) < 4.78 is 53.0. The Hall–Kier alpha value is -3.05. The number of halogens is 3. The number of amides is 1. The number of aromatic nitrogens is 4. The molecular formula is C20H20F3N5O3. The molecule has 0 saturated carbocycles. The predicted molar refractivity (Wildman–Crippen MR) is 103 cm³/mol. The highest BCUT2D eigenvalue weighted by Gasteiger charge is 2.33. The van der Waals surface area contributed by atoms with E-state index in [-0.39, 0.29) is 30.2 Å². The van der Waals surface area contributed by atoms with Crippen molar-refractivity contribution in [3.8, 4) is 0 Å². The minimum absolute atomic E-state index is 0.0508. The van der Waals surface area contributed by atoms with Gasteiger partial charge in [-0.1, -0.05) is 0 Å². The van der Waals surface area contributed by atoms with E-state index in [1.165, 1.54) is 29.1 Å². The molecule has 1 amide bonds. The lowest BCUT2D eigenvalue weighted by molar-refractivity contribution is -0.102. The van der Waals surface area contributed by atoms with Gasteiger partial charge in [0.05, 0.1) is 49.3 Å². The summed E-state index contributed by atoms with van der Waals surface area (Å²) in [6.07, 6.45) is -0.646. The molecule has 0 radical (unpaired) electrons. The highest BCUT2D eigenvalue weighted by atomic mass is 19.3. The quantitative estimate of drug-likeness (QED) is 0.640. The maximum atomic E-state index is 13.8. The first-order chi connectivity index (χ1) is 14.9. The molecule has 11 heteroatoms. The highest BCUT2D eigenvalue weighted by Crippen LogP contribution is 2.27. The Kier molecular flexibility index (Phi) is 6.14. The molecule has 1 aliphatic rings. The van der Waals surface area contributed by atoms with Crippen molar-refractivity contribution in [1.82, 2.24) is 24.8 Å². The lowest BCUT2D eigenvalue weighted by Gasteiger charge is -2.31. The molecule has 3 aromatic rings. The Bertz CT molecular complexity index is 1070. The molecule has 0 aliphatic carbocycles. The van der Waals surface area contributed by atoms with Crippen molar-refractivity contribution in [2.24, 2.45) is 0 Å². The second-order valence-corrected chi connectivity index (χ2v) is 7.08. The lowest BCUT2D eigenvalue weighted by atomic mass is 10.1. The average molecular weight is 435 g/mol. The van der Waals surface area contributed by atoms with Crippen molar-refractivity contribution < 1.29 is 27.4 Å². The van der Waals surface area contributed by atoms with E-state index < -0.39 is 36.8 Å². The van der Waals surface area contributed by atoms with Crippen LogP contribution < -0.4 is 5.32 Å².